The van der Waals surface area contributed by atoms with Crippen LogP contribution in [0.1, 0.15) is 31.7 Å². The summed E-state index contributed by atoms with van der Waals surface area (Å²) in [6.07, 6.45) is 3.51. The van der Waals surface area contributed by atoms with E-state index in [2.05, 4.69) is 0 Å². The van der Waals surface area contributed by atoms with Crippen molar-refractivity contribution in [3.05, 3.63) is 46.5 Å². The fourth-order valence-corrected chi connectivity index (χ4v) is 6.04. The molecule has 1 aromatic rings. The smallest absolute Gasteiger partial charge is 0.456 e. The van der Waals surface area contributed by atoms with Gasteiger partial charge in [-0.3, -0.25) is 0 Å². The first-order chi connectivity index (χ1) is 12.8. The van der Waals surface area contributed by atoms with E-state index in [1.165, 1.54) is 0 Å². The Hall–Kier alpha value is -1.61. The maximum Gasteiger partial charge on any atom is 0.456 e. The van der Waals surface area contributed by atoms with E-state index in [9.17, 15) is 23.7 Å². The first-order valence-corrected chi connectivity index (χ1v) is 10.9. The summed E-state index contributed by atoms with van der Waals surface area (Å²) in [4.78, 5) is 0. The van der Waals surface area contributed by atoms with Gasteiger partial charge in [-0.15, -0.1) is 0 Å². The van der Waals surface area contributed by atoms with Crippen molar-refractivity contribution in [3.63, 3.8) is 0 Å². The molecule has 2 aliphatic heterocycles. The summed E-state index contributed by atoms with van der Waals surface area (Å²) in [5.41, 5.74) is 3.17. The average molecular weight is 392 g/mol. The van der Waals surface area contributed by atoms with Crippen molar-refractivity contribution >= 4 is 23.0 Å². The van der Waals surface area contributed by atoms with Gasteiger partial charge in [0.05, 0.1) is 23.7 Å². The van der Waals surface area contributed by atoms with Crippen LogP contribution in [0.25, 0.3) is 6.08 Å². The summed E-state index contributed by atoms with van der Waals surface area (Å²) < 4.78 is 30.4. The molecule has 0 unspecified atom stereocenters. The van der Waals surface area contributed by atoms with Gasteiger partial charge >= 0.3 is 7.12 Å². The van der Waals surface area contributed by atoms with E-state index in [1.54, 1.807) is 18.2 Å². The molecule has 3 rings (SSSR count). The number of fused-ring (bicyclic) bond motifs is 1. The molecular weight excluding hydrogens is 367 g/mol. The lowest BCUT2D eigenvalue weighted by molar-refractivity contribution is 0.168. The van der Waals surface area contributed by atoms with Gasteiger partial charge in [0.1, 0.15) is 5.75 Å². The number of allylic oxidation sites excluding steroid dienone is 1. The van der Waals surface area contributed by atoms with Crippen molar-refractivity contribution in [3.8, 4) is 5.75 Å². The van der Waals surface area contributed by atoms with Crippen molar-refractivity contribution < 1.29 is 28.3 Å². The lowest BCUT2D eigenvalue weighted by Crippen LogP contribution is -2.42. The molecule has 27 heavy (non-hydrogen) atoms. The van der Waals surface area contributed by atoms with Crippen LogP contribution < -0.4 is 0 Å². The Morgan fingerprint density at radius 3 is 2.85 bits per heavy atom. The molecular formula is C19H25BO6S. The second-order valence-electron chi connectivity index (χ2n) is 7.12. The first kappa shape index (κ1) is 20.1. The summed E-state index contributed by atoms with van der Waals surface area (Å²) >= 11 is 0. The molecule has 1 saturated heterocycles. The second kappa shape index (κ2) is 8.18. The van der Waals surface area contributed by atoms with E-state index in [0.717, 1.165) is 17.6 Å². The molecule has 0 saturated carbocycles. The molecule has 1 aromatic carbocycles. The second-order valence-corrected chi connectivity index (χ2v) is 9.30. The zero-order valence-electron chi connectivity index (χ0n) is 15.3. The van der Waals surface area contributed by atoms with Crippen LogP contribution in [0.5, 0.6) is 5.75 Å². The van der Waals surface area contributed by atoms with Crippen molar-refractivity contribution in [2.45, 2.75) is 43.9 Å². The Bertz CT molecular complexity index is 861. The third-order valence-corrected chi connectivity index (χ3v) is 7.33. The predicted molar refractivity (Wildman–Crippen MR) is 105 cm³/mol. The van der Waals surface area contributed by atoms with Crippen LogP contribution in [0, 0.1) is 0 Å². The Balaban J connectivity index is 1.79. The van der Waals surface area contributed by atoms with Gasteiger partial charge in [0.2, 0.25) is 0 Å². The van der Waals surface area contributed by atoms with E-state index in [1.807, 2.05) is 19.1 Å². The summed E-state index contributed by atoms with van der Waals surface area (Å²) in [5, 5.41) is 28.4. The molecule has 2 heterocycles. The van der Waals surface area contributed by atoms with Gasteiger partial charge in [-0.2, -0.15) is 0 Å². The third-order valence-electron chi connectivity index (χ3n) is 5.26. The Labute approximate surface area is 160 Å². The summed E-state index contributed by atoms with van der Waals surface area (Å²) in [7, 11) is -4.50. The third kappa shape index (κ3) is 4.46. The number of hydrogen-bond acceptors (Lipinski definition) is 6. The number of sulfone groups is 1. The Kier molecular flexibility index (Phi) is 6.10. The highest BCUT2D eigenvalue weighted by molar-refractivity contribution is 7.92. The van der Waals surface area contributed by atoms with Gasteiger partial charge in [-0.1, -0.05) is 30.7 Å². The van der Waals surface area contributed by atoms with Crippen molar-refractivity contribution in [2.75, 3.05) is 12.4 Å². The molecule has 0 aromatic heterocycles. The molecule has 8 heteroatoms. The molecule has 6 nitrogen and oxygen atoms in total. The molecule has 1 fully saturated rings. The lowest BCUT2D eigenvalue weighted by atomic mass is 9.74. The highest BCUT2D eigenvalue weighted by Crippen LogP contribution is 2.39. The normalized spacial score (nSPS) is 25.0. The van der Waals surface area contributed by atoms with Crippen LogP contribution in [0.15, 0.2) is 41.0 Å². The minimum absolute atomic E-state index is 0.0252. The molecule has 146 valence electrons. The van der Waals surface area contributed by atoms with Gasteiger partial charge in [0, 0.05) is 6.32 Å². The van der Waals surface area contributed by atoms with E-state index in [0.29, 0.717) is 24.0 Å². The molecule has 2 aliphatic rings. The highest BCUT2D eigenvalue weighted by atomic mass is 32.2. The Morgan fingerprint density at radius 1 is 1.41 bits per heavy atom. The van der Waals surface area contributed by atoms with E-state index < -0.39 is 28.3 Å². The summed E-state index contributed by atoms with van der Waals surface area (Å²) in [6.45, 7) is 1.73. The van der Waals surface area contributed by atoms with Crippen LogP contribution in [-0.4, -0.2) is 54.5 Å². The topological polar surface area (TPSA) is 104 Å². The zero-order valence-corrected chi connectivity index (χ0v) is 16.2. The van der Waals surface area contributed by atoms with Gasteiger partial charge < -0.3 is 19.9 Å². The van der Waals surface area contributed by atoms with Gasteiger partial charge in [0.25, 0.3) is 0 Å². The number of phenolic OH excluding ortho intramolecular Hbond substituents is 1. The number of aromatic hydroxyl groups is 1. The lowest BCUT2D eigenvalue weighted by Gasteiger charge is -2.32. The monoisotopic (exact) mass is 392 g/mol. The Morgan fingerprint density at radius 2 is 2.19 bits per heavy atom. The van der Waals surface area contributed by atoms with Crippen LogP contribution in [0.4, 0.5) is 0 Å². The van der Waals surface area contributed by atoms with Gasteiger partial charge in [-0.05, 0) is 48.1 Å². The summed E-state index contributed by atoms with van der Waals surface area (Å²) in [6, 6.07) is 6.98. The maximum absolute atomic E-state index is 12.4. The van der Waals surface area contributed by atoms with Gasteiger partial charge in [-0.25, -0.2) is 8.42 Å². The minimum Gasteiger partial charge on any atom is -0.508 e. The number of aliphatic hydroxyl groups is 1. The minimum atomic E-state index is -3.39. The van der Waals surface area contributed by atoms with Crippen molar-refractivity contribution in [1.29, 1.82) is 0 Å². The molecule has 0 spiro atoms. The molecule has 0 aliphatic carbocycles. The number of rotatable bonds is 6. The van der Waals surface area contributed by atoms with Gasteiger partial charge in [0.15, 0.2) is 9.84 Å². The molecule has 0 amide bonds. The molecule has 2 atom stereocenters. The largest absolute Gasteiger partial charge is 0.508 e. The van der Waals surface area contributed by atoms with Crippen LogP contribution >= 0.6 is 0 Å². The zero-order chi connectivity index (χ0) is 19.6. The SMILES string of the molecule is CC/C(=C\c1cccc(O)c1)CC[C@H]1OB(O)C[C@H]2C1=C(CO)CS2(=O)=O. The maximum atomic E-state index is 12.4. The molecule has 3 N–H and O–H groups in total. The van der Waals surface area contributed by atoms with E-state index >= 15 is 0 Å². The quantitative estimate of drug-likeness (QED) is 0.505. The number of benzene rings is 1. The van der Waals surface area contributed by atoms with Crippen LogP contribution in [0.3, 0.4) is 0 Å². The average Bonchev–Trinajstić information content (AvgIpc) is 2.89. The first-order valence-electron chi connectivity index (χ1n) is 9.20. The summed E-state index contributed by atoms with van der Waals surface area (Å²) in [5.74, 6) is 0.0465. The van der Waals surface area contributed by atoms with E-state index in [4.69, 9.17) is 4.65 Å². The standard InChI is InChI=1S/C19H25BO6S/c1-2-13(8-14-4-3-5-16(22)9-14)6-7-17-19-15(11-21)12-27(24,25)18(19)10-20(23)26-17/h3-5,8-9,17-18,21-23H,2,6-7,10-12H2,1H3/b13-8+/t17-,18+/m1/s1. The number of phenols is 1. The van der Waals surface area contributed by atoms with Crippen LogP contribution in [0.2, 0.25) is 6.32 Å². The fraction of sp³-hybridized carbons (Fsp3) is 0.474. The highest BCUT2D eigenvalue weighted by Gasteiger charge is 2.48. The number of hydrogen-bond donors (Lipinski definition) is 3. The predicted octanol–water partition coefficient (Wildman–Crippen LogP) is 1.93. The fourth-order valence-electron chi connectivity index (χ4n) is 3.94. The van der Waals surface area contributed by atoms with Crippen molar-refractivity contribution in [1.82, 2.24) is 0 Å². The molecule has 0 bridgehead atoms. The molecule has 0 radical (unpaired) electrons. The van der Waals surface area contributed by atoms with E-state index in [-0.39, 0.29) is 24.4 Å². The van der Waals surface area contributed by atoms with Crippen molar-refractivity contribution in [2.24, 2.45) is 0 Å². The van der Waals surface area contributed by atoms with Crippen LogP contribution in [-0.2, 0) is 14.5 Å². The number of aliphatic hydroxyl groups excluding tert-OH is 1.